The maximum Gasteiger partial charge on any atom is 0.308 e. The maximum absolute atomic E-state index is 14.8. The molecule has 1 heterocycles. The lowest BCUT2D eigenvalue weighted by molar-refractivity contribution is -0.148. The van der Waals surface area contributed by atoms with Gasteiger partial charge in [0.15, 0.2) is 16.6 Å². The molecule has 0 bridgehead atoms. The highest BCUT2D eigenvalue weighted by molar-refractivity contribution is 7.09. The van der Waals surface area contributed by atoms with Gasteiger partial charge in [-0.1, -0.05) is 80.9 Å². The van der Waals surface area contributed by atoms with E-state index in [1.54, 1.807) is 11.3 Å². The zero-order valence-electron chi connectivity index (χ0n) is 36.5. The van der Waals surface area contributed by atoms with E-state index in [9.17, 15) is 14.4 Å². The molecule has 0 aliphatic heterocycles. The van der Waals surface area contributed by atoms with Gasteiger partial charge in [-0.3, -0.25) is 14.4 Å². The lowest BCUT2D eigenvalue weighted by Crippen LogP contribution is -2.54. The van der Waals surface area contributed by atoms with E-state index in [0.29, 0.717) is 6.42 Å². The Morgan fingerprint density at radius 2 is 1.55 bits per heavy atom. The molecule has 11 heteroatoms. The fraction of sp³-hybridized carbons (Fsp3) is 0.762. The lowest BCUT2D eigenvalue weighted by Gasteiger charge is -2.45. The molecule has 0 aliphatic carbocycles. The maximum atomic E-state index is 14.8. The molecule has 0 radical (unpaired) electrons. The molecule has 5 atom stereocenters. The number of aromatic nitrogens is 1. The number of Topliss-reactive ketones (excluding diaryl/α,β-unsaturated/α-hetero) is 1. The van der Waals surface area contributed by atoms with E-state index in [1.807, 2.05) is 46.1 Å². The van der Waals surface area contributed by atoms with Crippen LogP contribution >= 0.6 is 11.3 Å². The molecule has 8 nitrogen and oxygen atoms in total. The first kappa shape index (κ1) is 49.1. The van der Waals surface area contributed by atoms with Crippen LogP contribution in [-0.2, 0) is 32.7 Å². The van der Waals surface area contributed by atoms with Gasteiger partial charge in [0, 0.05) is 30.1 Å². The third-order valence-electron chi connectivity index (χ3n) is 11.8. The Balaban J connectivity index is 3.31. The van der Waals surface area contributed by atoms with Gasteiger partial charge < -0.3 is 18.3 Å². The van der Waals surface area contributed by atoms with Crippen LogP contribution in [0.15, 0.2) is 22.6 Å². The SMILES string of the molecule is CC[Si](CC)(CC)OC(C(C)CCCC(C)=CCC(OC(C)=O)C(C)=Cc1csc(C)n1)C(C)C(=O)C(C)(C)[C@H](CC(=O)OC)O[Si](C)(C)C(C)(C)C. The first-order valence-electron chi connectivity index (χ1n) is 19.8. The Hall–Kier alpha value is -1.93. The first-order valence-corrected chi connectivity index (χ1v) is 26.1. The summed E-state index contributed by atoms with van der Waals surface area (Å²) < 4.78 is 24.9. The number of ketones is 1. The zero-order chi connectivity index (χ0) is 40.9. The van der Waals surface area contributed by atoms with E-state index < -0.39 is 34.1 Å². The number of rotatable bonds is 23. The Morgan fingerprint density at radius 1 is 0.962 bits per heavy atom. The Morgan fingerprint density at radius 3 is 2.02 bits per heavy atom. The number of carbonyl (C=O) groups excluding carboxylic acids is 3. The minimum Gasteiger partial charge on any atom is -0.469 e. The lowest BCUT2D eigenvalue weighted by atomic mass is 9.73. The van der Waals surface area contributed by atoms with Crippen molar-refractivity contribution in [3.8, 4) is 0 Å². The number of carbonyl (C=O) groups is 3. The van der Waals surface area contributed by atoms with Crippen molar-refractivity contribution < 1.29 is 32.7 Å². The van der Waals surface area contributed by atoms with E-state index in [-0.39, 0.29) is 47.3 Å². The molecular formula is C42H75NO7SSi2. The number of esters is 2. The minimum absolute atomic E-state index is 0.0247. The summed E-state index contributed by atoms with van der Waals surface area (Å²) in [5, 5.41) is 2.92. The Kier molecular flexibility index (Phi) is 19.8. The number of ether oxygens (including phenoxy) is 2. The van der Waals surface area contributed by atoms with Gasteiger partial charge in [0.1, 0.15) is 11.9 Å². The summed E-state index contributed by atoms with van der Waals surface area (Å²) in [6.07, 6.45) is 6.32. The third kappa shape index (κ3) is 14.9. The first-order chi connectivity index (χ1) is 24.4. The molecule has 0 fully saturated rings. The molecular weight excluding hydrogens is 719 g/mol. The molecule has 1 aromatic rings. The normalized spacial score (nSPS) is 16.5. The minimum atomic E-state index is -2.34. The molecule has 53 heavy (non-hydrogen) atoms. The number of aryl methyl sites for hydroxylation is 1. The molecule has 1 aromatic heterocycles. The second kappa shape index (κ2) is 21.4. The quantitative estimate of drug-likeness (QED) is 0.0613. The molecule has 0 aliphatic rings. The topological polar surface area (TPSA) is 101 Å². The predicted octanol–water partition coefficient (Wildman–Crippen LogP) is 11.5. The molecule has 0 amide bonds. The summed E-state index contributed by atoms with van der Waals surface area (Å²) in [5.74, 6) is -0.866. The van der Waals surface area contributed by atoms with Crippen molar-refractivity contribution in [3.05, 3.63) is 33.3 Å². The van der Waals surface area contributed by atoms with Gasteiger partial charge in [0.2, 0.25) is 0 Å². The summed E-state index contributed by atoms with van der Waals surface area (Å²) in [6.45, 7) is 33.2. The van der Waals surface area contributed by atoms with E-state index in [2.05, 4.69) is 79.5 Å². The molecule has 0 spiro atoms. The van der Waals surface area contributed by atoms with Crippen LogP contribution < -0.4 is 0 Å². The van der Waals surface area contributed by atoms with Crippen LogP contribution in [0.2, 0.25) is 36.3 Å². The van der Waals surface area contributed by atoms with Gasteiger partial charge in [0.25, 0.3) is 0 Å². The summed E-state index contributed by atoms with van der Waals surface area (Å²) >= 11 is 1.60. The van der Waals surface area contributed by atoms with Crippen LogP contribution in [0.3, 0.4) is 0 Å². The van der Waals surface area contributed by atoms with Crippen molar-refractivity contribution in [1.82, 2.24) is 4.98 Å². The molecule has 0 N–H and O–H groups in total. The van der Waals surface area contributed by atoms with Crippen molar-refractivity contribution in [2.75, 3.05) is 7.11 Å². The van der Waals surface area contributed by atoms with Crippen LogP contribution in [0.25, 0.3) is 6.08 Å². The van der Waals surface area contributed by atoms with E-state index in [0.717, 1.165) is 53.7 Å². The van der Waals surface area contributed by atoms with Crippen molar-refractivity contribution >= 4 is 51.8 Å². The van der Waals surface area contributed by atoms with E-state index in [4.69, 9.17) is 18.3 Å². The summed E-state index contributed by atoms with van der Waals surface area (Å²) in [6, 6.07) is 2.98. The number of hydrogen-bond acceptors (Lipinski definition) is 9. The zero-order valence-corrected chi connectivity index (χ0v) is 39.3. The van der Waals surface area contributed by atoms with Crippen LogP contribution in [-0.4, -0.2) is 64.8 Å². The molecule has 0 aromatic carbocycles. The summed E-state index contributed by atoms with van der Waals surface area (Å²) in [4.78, 5) is 43.9. The molecule has 304 valence electrons. The molecule has 0 saturated heterocycles. The number of methoxy groups -OCH3 is 1. The highest BCUT2D eigenvalue weighted by atomic mass is 32.1. The number of allylic oxidation sites excluding steroid dienone is 1. The van der Waals surface area contributed by atoms with E-state index in [1.165, 1.54) is 19.6 Å². The third-order valence-corrected chi connectivity index (χ3v) is 21.7. The molecule has 4 unspecified atom stereocenters. The average molecular weight is 794 g/mol. The van der Waals surface area contributed by atoms with Gasteiger partial charge in [0.05, 0.1) is 36.4 Å². The van der Waals surface area contributed by atoms with Crippen LogP contribution in [0, 0.1) is 24.2 Å². The molecule has 0 saturated carbocycles. The largest absolute Gasteiger partial charge is 0.469 e. The summed E-state index contributed by atoms with van der Waals surface area (Å²) in [5.41, 5.74) is 2.14. The van der Waals surface area contributed by atoms with Crippen LogP contribution in [0.1, 0.15) is 133 Å². The summed E-state index contributed by atoms with van der Waals surface area (Å²) in [7, 11) is -3.03. The van der Waals surface area contributed by atoms with Gasteiger partial charge in [-0.05, 0) is 93.9 Å². The Bertz CT molecular complexity index is 1380. The smallest absolute Gasteiger partial charge is 0.308 e. The second-order valence-electron chi connectivity index (χ2n) is 17.3. The Labute approximate surface area is 329 Å². The number of nitrogens with zero attached hydrogens (tertiary/aromatic N) is 1. The van der Waals surface area contributed by atoms with Gasteiger partial charge in [-0.15, -0.1) is 11.3 Å². The number of hydrogen-bond donors (Lipinski definition) is 0. The van der Waals surface area contributed by atoms with E-state index >= 15 is 0 Å². The van der Waals surface area contributed by atoms with Crippen molar-refractivity contribution in [3.63, 3.8) is 0 Å². The predicted molar refractivity (Wildman–Crippen MR) is 226 cm³/mol. The monoisotopic (exact) mass is 793 g/mol. The van der Waals surface area contributed by atoms with Crippen LogP contribution in [0.5, 0.6) is 0 Å². The fourth-order valence-corrected chi connectivity index (χ4v) is 11.7. The van der Waals surface area contributed by atoms with Crippen molar-refractivity contribution in [2.45, 2.75) is 184 Å². The second-order valence-corrected chi connectivity index (χ2v) is 27.8. The molecule has 1 rings (SSSR count). The van der Waals surface area contributed by atoms with Crippen molar-refractivity contribution in [1.29, 1.82) is 0 Å². The van der Waals surface area contributed by atoms with Gasteiger partial charge >= 0.3 is 11.9 Å². The van der Waals surface area contributed by atoms with Crippen molar-refractivity contribution in [2.24, 2.45) is 17.3 Å². The highest BCUT2D eigenvalue weighted by Crippen LogP contribution is 2.43. The standard InChI is InChI=1S/C42H75NO7SSi2/c1-18-53(19-2,20-3)50-39(32(7)40(46)42(13,14)37(27-38(45)47-15)49-52(16,17)41(10,11)12)30(5)23-21-22-29(4)24-25-36(48-34(9)44)31(6)26-35-28-51-33(8)43-35/h24,26,28,30,32,36-37,39H,18-23,25,27H2,1-17H3/t30?,32?,36?,37-,39?/m0/s1. The highest BCUT2D eigenvalue weighted by Gasteiger charge is 2.49. The fourth-order valence-electron chi connectivity index (χ4n) is 6.68. The van der Waals surface area contributed by atoms with Crippen LogP contribution in [0.4, 0.5) is 0 Å². The van der Waals surface area contributed by atoms with Gasteiger partial charge in [-0.25, -0.2) is 4.98 Å². The van der Waals surface area contributed by atoms with Gasteiger partial charge in [-0.2, -0.15) is 0 Å². The number of thiazole rings is 1. The average Bonchev–Trinajstić information content (AvgIpc) is 3.49.